The quantitative estimate of drug-likeness (QED) is 0.559. The van der Waals surface area contributed by atoms with Crippen molar-refractivity contribution in [1.29, 1.82) is 0 Å². The van der Waals surface area contributed by atoms with E-state index < -0.39 is 0 Å². The van der Waals surface area contributed by atoms with Gasteiger partial charge in [0.05, 0.1) is 6.21 Å². The molecule has 0 radical (unpaired) electrons. The summed E-state index contributed by atoms with van der Waals surface area (Å²) < 4.78 is 10.5. The van der Waals surface area contributed by atoms with Crippen LogP contribution < -0.4 is 20.5 Å². The summed E-state index contributed by atoms with van der Waals surface area (Å²) in [6.07, 6.45) is 1.58. The highest BCUT2D eigenvalue weighted by atomic mass is 16.7. The topological polar surface area (TPSA) is 101 Å². The summed E-state index contributed by atoms with van der Waals surface area (Å²) in [5.41, 5.74) is 4.07. The summed E-state index contributed by atoms with van der Waals surface area (Å²) in [7, 11) is 0. The van der Waals surface area contributed by atoms with E-state index in [4.69, 9.17) is 9.47 Å². The van der Waals surface area contributed by atoms with E-state index in [1.54, 1.807) is 30.5 Å². The van der Waals surface area contributed by atoms with E-state index >= 15 is 0 Å². The Bertz CT molecular complexity index is 985. The van der Waals surface area contributed by atoms with Crippen LogP contribution in [0.2, 0.25) is 0 Å². The number of fused-ring (bicyclic) bond motifs is 1. The van der Waals surface area contributed by atoms with Crippen LogP contribution in [0.15, 0.2) is 58.4 Å². The molecule has 0 amide bonds. The molecule has 8 heteroatoms. The molecule has 8 nitrogen and oxygen atoms in total. The minimum absolute atomic E-state index is 0.154. The number of nitrogens with zero attached hydrogens (tertiary/aromatic N) is 3. The smallest absolute Gasteiger partial charge is 0.279 e. The molecule has 1 aliphatic rings. The third-order valence-corrected chi connectivity index (χ3v) is 3.52. The van der Waals surface area contributed by atoms with Gasteiger partial charge in [0.1, 0.15) is 0 Å². The largest absolute Gasteiger partial charge is 0.454 e. The first-order valence-electron chi connectivity index (χ1n) is 7.51. The molecule has 2 aromatic carbocycles. The molecule has 4 rings (SSSR count). The molecule has 124 valence electrons. The number of aromatic nitrogens is 3. The Morgan fingerprint density at radius 1 is 1.08 bits per heavy atom. The molecule has 3 aromatic rings. The number of hydrogen-bond acceptors (Lipinski definition) is 7. The lowest BCUT2D eigenvalue weighted by Crippen LogP contribution is -2.15. The van der Waals surface area contributed by atoms with Crippen molar-refractivity contribution in [1.82, 2.24) is 15.2 Å². The van der Waals surface area contributed by atoms with Crippen molar-refractivity contribution >= 4 is 12.2 Å². The highest BCUT2D eigenvalue weighted by molar-refractivity contribution is 5.81. The molecule has 0 saturated heterocycles. The maximum absolute atomic E-state index is 12.1. The lowest BCUT2D eigenvalue weighted by molar-refractivity contribution is 0.174. The molecule has 0 bridgehead atoms. The monoisotopic (exact) mass is 335 g/mol. The van der Waals surface area contributed by atoms with Gasteiger partial charge < -0.3 is 9.47 Å². The lowest BCUT2D eigenvalue weighted by Gasteiger charge is -2.01. The fourth-order valence-corrected chi connectivity index (χ4v) is 2.33. The third-order valence-electron chi connectivity index (χ3n) is 3.52. The van der Waals surface area contributed by atoms with Crippen LogP contribution in [0, 0.1) is 0 Å². The summed E-state index contributed by atoms with van der Waals surface area (Å²) in [4.78, 5) is 14.7. The van der Waals surface area contributed by atoms with Crippen molar-refractivity contribution in [3.05, 3.63) is 64.4 Å². The van der Waals surface area contributed by atoms with Crippen molar-refractivity contribution in [2.75, 3.05) is 12.2 Å². The molecule has 0 fully saturated rings. The minimum Gasteiger partial charge on any atom is -0.454 e. The van der Waals surface area contributed by atoms with Crippen LogP contribution in [0.25, 0.3) is 11.3 Å². The average Bonchev–Trinajstić information content (AvgIpc) is 3.10. The van der Waals surface area contributed by atoms with Crippen molar-refractivity contribution < 1.29 is 9.47 Å². The van der Waals surface area contributed by atoms with E-state index in [9.17, 15) is 4.79 Å². The lowest BCUT2D eigenvalue weighted by atomic mass is 10.2. The molecule has 0 spiro atoms. The Balaban J connectivity index is 1.48. The first-order chi connectivity index (χ1) is 12.3. The van der Waals surface area contributed by atoms with Crippen LogP contribution in [0.5, 0.6) is 11.5 Å². The normalized spacial score (nSPS) is 12.5. The highest BCUT2D eigenvalue weighted by Crippen LogP contribution is 2.31. The minimum atomic E-state index is -0.345. The summed E-state index contributed by atoms with van der Waals surface area (Å²) in [6, 6.07) is 14.6. The van der Waals surface area contributed by atoms with Crippen LogP contribution in [-0.2, 0) is 0 Å². The maximum Gasteiger partial charge on any atom is 0.279 e. The van der Waals surface area contributed by atoms with Crippen LogP contribution >= 0.6 is 0 Å². The van der Waals surface area contributed by atoms with Crippen LogP contribution in [0.1, 0.15) is 5.56 Å². The standard InChI is InChI=1S/C17H13N5O3/c23-16-15(12-4-2-1-3-5-12)20-22-17(19-16)21-18-9-11-6-7-13-14(8-11)25-10-24-13/h1-9H,10H2,(H2,19,21,22,23). The Labute approximate surface area is 142 Å². The predicted molar refractivity (Wildman–Crippen MR) is 91.9 cm³/mol. The molecular weight excluding hydrogens is 322 g/mol. The van der Waals surface area contributed by atoms with Gasteiger partial charge in [0.2, 0.25) is 12.7 Å². The van der Waals surface area contributed by atoms with Crippen molar-refractivity contribution in [3.63, 3.8) is 0 Å². The fourth-order valence-electron chi connectivity index (χ4n) is 2.33. The fraction of sp³-hybridized carbons (Fsp3) is 0.0588. The summed E-state index contributed by atoms with van der Waals surface area (Å²) >= 11 is 0. The van der Waals surface area contributed by atoms with E-state index in [1.165, 1.54) is 0 Å². The second-order valence-electron chi connectivity index (χ2n) is 5.20. The molecule has 1 aliphatic heterocycles. The Hall–Kier alpha value is -3.68. The summed E-state index contributed by atoms with van der Waals surface area (Å²) in [5, 5.41) is 11.9. The number of hydrogen-bond donors (Lipinski definition) is 2. The molecule has 25 heavy (non-hydrogen) atoms. The summed E-state index contributed by atoms with van der Waals surface area (Å²) in [5.74, 6) is 1.53. The van der Waals surface area contributed by atoms with Gasteiger partial charge in [-0.1, -0.05) is 30.3 Å². The molecule has 0 aliphatic carbocycles. The van der Waals surface area contributed by atoms with Gasteiger partial charge >= 0.3 is 0 Å². The van der Waals surface area contributed by atoms with E-state index in [0.717, 1.165) is 5.56 Å². The van der Waals surface area contributed by atoms with E-state index in [-0.39, 0.29) is 24.0 Å². The number of hydrazone groups is 1. The van der Waals surface area contributed by atoms with Crippen LogP contribution in [-0.4, -0.2) is 28.2 Å². The number of rotatable bonds is 4. The number of ether oxygens (including phenoxy) is 2. The van der Waals surface area contributed by atoms with Gasteiger partial charge in [0.15, 0.2) is 17.2 Å². The molecule has 0 unspecified atom stereocenters. The van der Waals surface area contributed by atoms with Crippen molar-refractivity contribution in [2.45, 2.75) is 0 Å². The molecule has 0 saturated carbocycles. The number of H-pyrrole nitrogens is 1. The molecule has 2 heterocycles. The Kier molecular flexibility index (Phi) is 3.83. The van der Waals surface area contributed by atoms with E-state index in [0.29, 0.717) is 17.1 Å². The second kappa shape index (κ2) is 6.44. The number of benzene rings is 2. The number of aromatic amines is 1. The van der Waals surface area contributed by atoms with E-state index in [1.807, 2.05) is 24.3 Å². The molecule has 0 atom stereocenters. The second-order valence-corrected chi connectivity index (χ2v) is 5.20. The zero-order valence-electron chi connectivity index (χ0n) is 13.0. The summed E-state index contributed by atoms with van der Waals surface area (Å²) in [6.45, 7) is 0.221. The highest BCUT2D eigenvalue weighted by Gasteiger charge is 2.12. The van der Waals surface area contributed by atoms with Gasteiger partial charge in [-0.25, -0.2) is 5.43 Å². The van der Waals surface area contributed by atoms with E-state index in [2.05, 4.69) is 25.7 Å². The van der Waals surface area contributed by atoms with Crippen LogP contribution in [0.3, 0.4) is 0 Å². The maximum atomic E-state index is 12.1. The van der Waals surface area contributed by atoms with Crippen molar-refractivity contribution in [3.8, 4) is 22.8 Å². The molecular formula is C17H13N5O3. The SMILES string of the molecule is O=c1[nH]c(NN=Cc2ccc3c(c2)OCO3)nnc1-c1ccccc1. The average molecular weight is 335 g/mol. The van der Waals surface area contributed by atoms with Gasteiger partial charge in [-0.05, 0) is 23.8 Å². The van der Waals surface area contributed by atoms with Gasteiger partial charge in [0.25, 0.3) is 5.56 Å². The molecule has 2 N–H and O–H groups in total. The predicted octanol–water partition coefficient (Wildman–Crippen LogP) is 2.01. The van der Waals surface area contributed by atoms with Gasteiger partial charge in [0, 0.05) is 5.56 Å². The van der Waals surface area contributed by atoms with Gasteiger partial charge in [-0.2, -0.15) is 5.10 Å². The Morgan fingerprint density at radius 3 is 2.76 bits per heavy atom. The number of nitrogens with one attached hydrogen (secondary N) is 2. The number of anilines is 1. The zero-order chi connectivity index (χ0) is 17.1. The first kappa shape index (κ1) is 14.9. The third kappa shape index (κ3) is 3.18. The molecule has 1 aromatic heterocycles. The first-order valence-corrected chi connectivity index (χ1v) is 7.51. The zero-order valence-corrected chi connectivity index (χ0v) is 13.0. The van der Waals surface area contributed by atoms with Gasteiger partial charge in [-0.15, -0.1) is 10.2 Å². The Morgan fingerprint density at radius 2 is 1.92 bits per heavy atom. The van der Waals surface area contributed by atoms with Gasteiger partial charge in [-0.3, -0.25) is 9.78 Å². The van der Waals surface area contributed by atoms with Crippen molar-refractivity contribution in [2.24, 2.45) is 5.10 Å². The van der Waals surface area contributed by atoms with Crippen LogP contribution in [0.4, 0.5) is 5.95 Å².